The van der Waals surface area contributed by atoms with Crippen molar-refractivity contribution < 1.29 is 9.59 Å². The molecule has 2 rings (SSSR count). The minimum Gasteiger partial charge on any atom is -0.352 e. The van der Waals surface area contributed by atoms with Crippen LogP contribution in [0.4, 0.5) is 5.69 Å². The van der Waals surface area contributed by atoms with E-state index in [0.717, 1.165) is 27.9 Å². The third kappa shape index (κ3) is 4.95. The number of carbonyl (C=O) groups excluding carboxylic acids is 2. The number of anilines is 1. The van der Waals surface area contributed by atoms with Gasteiger partial charge >= 0.3 is 0 Å². The molecule has 0 aromatic heterocycles. The number of benzene rings is 2. The van der Waals surface area contributed by atoms with E-state index in [4.69, 9.17) is 0 Å². The number of nitrogens with one attached hydrogen (secondary N) is 2. The van der Waals surface area contributed by atoms with Crippen molar-refractivity contribution in [3.63, 3.8) is 0 Å². The highest BCUT2D eigenvalue weighted by molar-refractivity contribution is 6.04. The summed E-state index contributed by atoms with van der Waals surface area (Å²) in [6.07, 6.45) is -0.181. The molecule has 120 valence electrons. The first-order valence-corrected chi connectivity index (χ1v) is 7.64. The molecule has 2 amide bonds. The SMILES string of the molecule is Cc1cccc(CNC(=O)CC(=O)Nc2c(C)cccc2C)c1. The van der Waals surface area contributed by atoms with Crippen molar-refractivity contribution in [3.8, 4) is 0 Å². The molecule has 0 aliphatic carbocycles. The molecule has 0 spiro atoms. The second kappa shape index (κ2) is 7.58. The van der Waals surface area contributed by atoms with Gasteiger partial charge in [-0.3, -0.25) is 9.59 Å². The first kappa shape index (κ1) is 16.7. The van der Waals surface area contributed by atoms with E-state index in [2.05, 4.69) is 10.6 Å². The van der Waals surface area contributed by atoms with E-state index in [9.17, 15) is 9.59 Å². The van der Waals surface area contributed by atoms with Crippen LogP contribution in [0.2, 0.25) is 0 Å². The first-order chi connectivity index (χ1) is 11.0. The molecule has 23 heavy (non-hydrogen) atoms. The fourth-order valence-electron chi connectivity index (χ4n) is 2.43. The maximum atomic E-state index is 12.0. The van der Waals surface area contributed by atoms with Gasteiger partial charge in [0.05, 0.1) is 0 Å². The normalized spacial score (nSPS) is 10.2. The van der Waals surface area contributed by atoms with Crippen molar-refractivity contribution in [2.75, 3.05) is 5.32 Å². The summed E-state index contributed by atoms with van der Waals surface area (Å²) in [7, 11) is 0. The summed E-state index contributed by atoms with van der Waals surface area (Å²) in [4.78, 5) is 23.9. The van der Waals surface area contributed by atoms with Crippen LogP contribution in [0.3, 0.4) is 0 Å². The molecule has 0 fully saturated rings. The summed E-state index contributed by atoms with van der Waals surface area (Å²) in [6, 6.07) is 13.7. The molecule has 0 atom stereocenters. The Hall–Kier alpha value is -2.62. The Morgan fingerprint density at radius 2 is 1.57 bits per heavy atom. The molecular weight excluding hydrogens is 288 g/mol. The van der Waals surface area contributed by atoms with Crippen LogP contribution in [-0.2, 0) is 16.1 Å². The molecule has 0 bridgehead atoms. The number of rotatable bonds is 5. The van der Waals surface area contributed by atoms with E-state index >= 15 is 0 Å². The summed E-state index contributed by atoms with van der Waals surface area (Å²) in [6.45, 7) is 6.29. The fraction of sp³-hybridized carbons (Fsp3) is 0.263. The number of hydrogen-bond acceptors (Lipinski definition) is 2. The van der Waals surface area contributed by atoms with Crippen LogP contribution in [0, 0.1) is 20.8 Å². The number of amides is 2. The Kier molecular flexibility index (Phi) is 5.52. The molecule has 0 radical (unpaired) electrons. The van der Waals surface area contributed by atoms with Crippen LogP contribution in [0.5, 0.6) is 0 Å². The molecule has 0 saturated carbocycles. The van der Waals surface area contributed by atoms with Gasteiger partial charge in [0.15, 0.2) is 0 Å². The van der Waals surface area contributed by atoms with Gasteiger partial charge in [0.1, 0.15) is 6.42 Å². The Balaban J connectivity index is 1.86. The lowest BCUT2D eigenvalue weighted by molar-refractivity contribution is -0.126. The van der Waals surface area contributed by atoms with E-state index in [1.807, 2.05) is 63.2 Å². The molecule has 0 unspecified atom stereocenters. The van der Waals surface area contributed by atoms with Crippen LogP contribution < -0.4 is 10.6 Å². The molecule has 0 aliphatic heterocycles. The highest BCUT2D eigenvalue weighted by Gasteiger charge is 2.11. The monoisotopic (exact) mass is 310 g/mol. The average molecular weight is 310 g/mol. The van der Waals surface area contributed by atoms with Crippen molar-refractivity contribution in [2.24, 2.45) is 0 Å². The summed E-state index contributed by atoms with van der Waals surface area (Å²) in [5, 5.41) is 5.59. The molecular formula is C19H22N2O2. The fourth-order valence-corrected chi connectivity index (χ4v) is 2.43. The van der Waals surface area contributed by atoms with Gasteiger partial charge in [-0.05, 0) is 37.5 Å². The maximum absolute atomic E-state index is 12.0. The first-order valence-electron chi connectivity index (χ1n) is 7.64. The second-order valence-electron chi connectivity index (χ2n) is 5.76. The predicted octanol–water partition coefficient (Wildman–Crippen LogP) is 3.26. The summed E-state index contributed by atoms with van der Waals surface area (Å²) >= 11 is 0. The Morgan fingerprint density at radius 1 is 0.913 bits per heavy atom. The Labute approximate surface area is 136 Å². The van der Waals surface area contributed by atoms with E-state index in [1.54, 1.807) is 0 Å². The third-order valence-electron chi connectivity index (χ3n) is 3.64. The molecule has 4 nitrogen and oxygen atoms in total. The van der Waals surface area contributed by atoms with Crippen molar-refractivity contribution in [1.29, 1.82) is 0 Å². The lowest BCUT2D eigenvalue weighted by atomic mass is 10.1. The van der Waals surface area contributed by atoms with Gasteiger partial charge in [-0.15, -0.1) is 0 Å². The maximum Gasteiger partial charge on any atom is 0.233 e. The lowest BCUT2D eigenvalue weighted by Crippen LogP contribution is -2.28. The van der Waals surface area contributed by atoms with Crippen molar-refractivity contribution in [2.45, 2.75) is 33.7 Å². The van der Waals surface area contributed by atoms with Crippen molar-refractivity contribution in [3.05, 3.63) is 64.7 Å². The molecule has 2 N–H and O–H groups in total. The van der Waals surface area contributed by atoms with Gasteiger partial charge in [0, 0.05) is 12.2 Å². The van der Waals surface area contributed by atoms with E-state index < -0.39 is 0 Å². The molecule has 4 heteroatoms. The van der Waals surface area contributed by atoms with E-state index in [1.165, 1.54) is 0 Å². The van der Waals surface area contributed by atoms with Gasteiger partial charge in [0.25, 0.3) is 0 Å². The highest BCUT2D eigenvalue weighted by Crippen LogP contribution is 2.19. The van der Waals surface area contributed by atoms with Gasteiger partial charge in [0.2, 0.25) is 11.8 Å². The summed E-state index contributed by atoms with van der Waals surface area (Å²) < 4.78 is 0. The smallest absolute Gasteiger partial charge is 0.233 e. The number of para-hydroxylation sites is 1. The van der Waals surface area contributed by atoms with Crippen LogP contribution in [0.15, 0.2) is 42.5 Å². The van der Waals surface area contributed by atoms with Gasteiger partial charge in [-0.1, -0.05) is 48.0 Å². The van der Waals surface area contributed by atoms with Crippen LogP contribution >= 0.6 is 0 Å². The topological polar surface area (TPSA) is 58.2 Å². The van der Waals surface area contributed by atoms with Gasteiger partial charge < -0.3 is 10.6 Å². The summed E-state index contributed by atoms with van der Waals surface area (Å²) in [5.74, 6) is -0.584. The highest BCUT2D eigenvalue weighted by atomic mass is 16.2. The van der Waals surface area contributed by atoms with Crippen molar-refractivity contribution >= 4 is 17.5 Å². The zero-order valence-electron chi connectivity index (χ0n) is 13.8. The predicted molar refractivity (Wildman–Crippen MR) is 92.2 cm³/mol. The molecule has 0 aliphatic rings. The third-order valence-corrected chi connectivity index (χ3v) is 3.64. The average Bonchev–Trinajstić information content (AvgIpc) is 2.49. The molecule has 0 saturated heterocycles. The van der Waals surface area contributed by atoms with Crippen LogP contribution in [0.1, 0.15) is 28.7 Å². The Morgan fingerprint density at radius 3 is 2.22 bits per heavy atom. The second-order valence-corrected chi connectivity index (χ2v) is 5.76. The largest absolute Gasteiger partial charge is 0.352 e. The number of carbonyl (C=O) groups is 2. The van der Waals surface area contributed by atoms with E-state index in [-0.39, 0.29) is 18.2 Å². The van der Waals surface area contributed by atoms with Gasteiger partial charge in [-0.2, -0.15) is 0 Å². The zero-order chi connectivity index (χ0) is 16.8. The quantitative estimate of drug-likeness (QED) is 0.833. The minimum absolute atomic E-state index is 0.181. The molecule has 0 heterocycles. The van der Waals surface area contributed by atoms with Crippen LogP contribution in [-0.4, -0.2) is 11.8 Å². The standard InChI is InChI=1S/C19H22N2O2/c1-13-6-4-9-16(10-13)12-20-17(22)11-18(23)21-19-14(2)7-5-8-15(19)3/h4-10H,11-12H2,1-3H3,(H,20,22)(H,21,23). The minimum atomic E-state index is -0.302. The molecule has 2 aromatic rings. The van der Waals surface area contributed by atoms with E-state index in [0.29, 0.717) is 6.54 Å². The van der Waals surface area contributed by atoms with Gasteiger partial charge in [-0.25, -0.2) is 0 Å². The lowest BCUT2D eigenvalue weighted by Gasteiger charge is -2.11. The Bertz CT molecular complexity index is 703. The number of aryl methyl sites for hydroxylation is 3. The zero-order valence-corrected chi connectivity index (χ0v) is 13.8. The van der Waals surface area contributed by atoms with Crippen molar-refractivity contribution in [1.82, 2.24) is 5.32 Å². The number of hydrogen-bond donors (Lipinski definition) is 2. The van der Waals surface area contributed by atoms with Crippen LogP contribution in [0.25, 0.3) is 0 Å². The molecule has 2 aromatic carbocycles. The summed E-state index contributed by atoms with van der Waals surface area (Å²) in [5.41, 5.74) is 4.92.